The van der Waals surface area contributed by atoms with Crippen LogP contribution in [0.3, 0.4) is 0 Å². The van der Waals surface area contributed by atoms with Gasteiger partial charge >= 0.3 is 10.1 Å². The molecule has 1 amide bonds. The summed E-state index contributed by atoms with van der Waals surface area (Å²) < 4.78 is 33.8. The lowest BCUT2D eigenvalue weighted by Gasteiger charge is -2.10. The van der Waals surface area contributed by atoms with Gasteiger partial charge in [-0.3, -0.25) is 4.79 Å². The number of carbonyl (C=O) groups excluding carboxylic acids is 1. The number of carbonyl (C=O) groups is 1. The zero-order chi connectivity index (χ0) is 20.1. The highest BCUT2D eigenvalue weighted by atomic mass is 32.2. The van der Waals surface area contributed by atoms with Crippen molar-refractivity contribution in [2.24, 2.45) is 0 Å². The number of benzene rings is 2. The number of imidazole rings is 1. The number of ether oxygens (including phenoxy) is 1. The van der Waals surface area contributed by atoms with Gasteiger partial charge in [0.25, 0.3) is 0 Å². The minimum Gasteiger partial charge on any atom is -0.496 e. The van der Waals surface area contributed by atoms with Gasteiger partial charge < -0.3 is 19.2 Å². The third-order valence-corrected chi connectivity index (χ3v) is 5.93. The summed E-state index contributed by atoms with van der Waals surface area (Å²) in [6, 6.07) is 8.51. The maximum absolute atomic E-state index is 11.8. The van der Waals surface area contributed by atoms with Crippen LogP contribution in [-0.2, 0) is 14.9 Å². The average Bonchev–Trinajstić information content (AvgIpc) is 3.20. The number of rotatable bonds is 5. The Bertz CT molecular complexity index is 1200. The minimum atomic E-state index is -3.62. The number of anilines is 1. The molecule has 0 bridgehead atoms. The van der Waals surface area contributed by atoms with Crippen LogP contribution in [0.25, 0.3) is 22.4 Å². The van der Waals surface area contributed by atoms with E-state index in [2.05, 4.69) is 15.3 Å². The molecule has 1 aliphatic rings. The molecule has 0 spiro atoms. The van der Waals surface area contributed by atoms with Gasteiger partial charge in [0.15, 0.2) is 0 Å². The van der Waals surface area contributed by atoms with Crippen molar-refractivity contribution in [2.45, 2.75) is 19.8 Å². The molecule has 2 N–H and O–H groups in total. The molecule has 0 aliphatic carbocycles. The number of amides is 1. The molecule has 1 unspecified atom stereocenters. The van der Waals surface area contributed by atoms with Crippen molar-refractivity contribution in [3.05, 3.63) is 35.9 Å². The number of methoxy groups -OCH3 is 1. The molecule has 1 atom stereocenters. The Morgan fingerprint density at radius 2 is 2.00 bits per heavy atom. The zero-order valence-corrected chi connectivity index (χ0v) is 16.4. The van der Waals surface area contributed by atoms with E-state index in [-0.39, 0.29) is 23.3 Å². The van der Waals surface area contributed by atoms with Crippen molar-refractivity contribution in [1.29, 1.82) is 0 Å². The summed E-state index contributed by atoms with van der Waals surface area (Å²) in [7, 11) is -2.13. The summed E-state index contributed by atoms with van der Waals surface area (Å²) in [6.07, 6.45) is 0. The summed E-state index contributed by atoms with van der Waals surface area (Å²) in [5.41, 5.74) is 3.86. The predicted molar refractivity (Wildman–Crippen MR) is 105 cm³/mol. The molecule has 0 saturated heterocycles. The van der Waals surface area contributed by atoms with Gasteiger partial charge in [-0.05, 0) is 43.7 Å². The summed E-state index contributed by atoms with van der Waals surface area (Å²) >= 11 is 0. The number of fused-ring (bicyclic) bond motifs is 2. The maximum Gasteiger partial charge on any atom is 0.308 e. The van der Waals surface area contributed by atoms with E-state index in [0.717, 1.165) is 16.8 Å². The maximum atomic E-state index is 11.8. The Morgan fingerprint density at radius 1 is 1.21 bits per heavy atom. The van der Waals surface area contributed by atoms with Crippen molar-refractivity contribution in [3.8, 4) is 22.9 Å². The molecule has 0 fully saturated rings. The van der Waals surface area contributed by atoms with Crippen LogP contribution in [0.1, 0.15) is 25.3 Å². The van der Waals surface area contributed by atoms with E-state index in [0.29, 0.717) is 22.7 Å². The molecule has 8 nitrogen and oxygen atoms in total. The highest BCUT2D eigenvalue weighted by Gasteiger charge is 2.27. The number of nitrogens with one attached hydrogen (secondary N) is 2. The van der Waals surface area contributed by atoms with Gasteiger partial charge in [0.05, 0.1) is 35.4 Å². The number of hydrogen-bond donors (Lipinski definition) is 2. The van der Waals surface area contributed by atoms with Gasteiger partial charge in [-0.25, -0.2) is 4.98 Å². The molecule has 146 valence electrons. The number of aromatic nitrogens is 2. The van der Waals surface area contributed by atoms with Crippen molar-refractivity contribution < 1.29 is 22.1 Å². The Kier molecular flexibility index (Phi) is 4.26. The summed E-state index contributed by atoms with van der Waals surface area (Å²) in [4.78, 5) is 19.7. The smallest absolute Gasteiger partial charge is 0.308 e. The van der Waals surface area contributed by atoms with E-state index in [1.54, 1.807) is 12.1 Å². The first-order valence-corrected chi connectivity index (χ1v) is 10.3. The standard InChI is InChI=1S/C19H19N3O5S/c1-4-28(24,25)27-11-5-6-12(17(7-11)26-3)18-20-15-8-13-10(2)19(23)22-14(13)9-16(15)21-18/h5-10H,4H2,1-3H3,(H,20,21)(H,22,23). The van der Waals surface area contributed by atoms with Crippen LogP contribution in [0.4, 0.5) is 5.69 Å². The van der Waals surface area contributed by atoms with Crippen molar-refractivity contribution in [3.63, 3.8) is 0 Å². The van der Waals surface area contributed by atoms with Crippen LogP contribution in [-0.4, -0.2) is 37.2 Å². The van der Waals surface area contributed by atoms with Gasteiger partial charge in [0.2, 0.25) is 5.91 Å². The van der Waals surface area contributed by atoms with Gasteiger partial charge in [-0.2, -0.15) is 8.42 Å². The Morgan fingerprint density at radius 3 is 2.71 bits per heavy atom. The topological polar surface area (TPSA) is 110 Å². The molecule has 4 rings (SSSR count). The van der Waals surface area contributed by atoms with Gasteiger partial charge in [0.1, 0.15) is 17.3 Å². The van der Waals surface area contributed by atoms with Gasteiger partial charge in [-0.1, -0.05) is 0 Å². The monoisotopic (exact) mass is 401 g/mol. The predicted octanol–water partition coefficient (Wildman–Crippen LogP) is 3.02. The molecule has 2 aromatic carbocycles. The zero-order valence-electron chi connectivity index (χ0n) is 15.6. The van der Waals surface area contributed by atoms with E-state index in [1.165, 1.54) is 20.1 Å². The summed E-state index contributed by atoms with van der Waals surface area (Å²) in [5, 5.41) is 2.85. The first-order valence-electron chi connectivity index (χ1n) is 8.76. The lowest BCUT2D eigenvalue weighted by atomic mass is 10.0. The SMILES string of the molecule is CCS(=O)(=O)Oc1ccc(-c2nc3cc4c(cc3[nH]2)C(C)C(=O)N4)c(OC)c1. The fourth-order valence-electron chi connectivity index (χ4n) is 3.17. The normalized spacial score (nSPS) is 16.1. The summed E-state index contributed by atoms with van der Waals surface area (Å²) in [5.74, 6) is 0.811. The fraction of sp³-hybridized carbons (Fsp3) is 0.263. The number of nitrogens with zero attached hydrogens (tertiary/aromatic N) is 1. The number of aromatic amines is 1. The Labute approximate surface area is 162 Å². The minimum absolute atomic E-state index is 0.0258. The van der Waals surface area contributed by atoms with Crippen LogP contribution in [0.2, 0.25) is 0 Å². The van der Waals surface area contributed by atoms with Crippen LogP contribution in [0.15, 0.2) is 30.3 Å². The van der Waals surface area contributed by atoms with Crippen LogP contribution < -0.4 is 14.2 Å². The number of hydrogen-bond acceptors (Lipinski definition) is 6. The Balaban J connectivity index is 1.75. The third kappa shape index (κ3) is 3.07. The molecule has 1 aliphatic heterocycles. The molecule has 2 heterocycles. The van der Waals surface area contributed by atoms with Crippen molar-refractivity contribution in [2.75, 3.05) is 18.2 Å². The Hall–Kier alpha value is -3.07. The molecular formula is C19H19N3O5S. The lowest BCUT2D eigenvalue weighted by Crippen LogP contribution is -2.11. The number of H-pyrrole nitrogens is 1. The second-order valence-corrected chi connectivity index (χ2v) is 8.40. The highest BCUT2D eigenvalue weighted by Crippen LogP contribution is 2.37. The molecule has 9 heteroatoms. The molecule has 0 saturated carbocycles. The van der Waals surface area contributed by atoms with Gasteiger partial charge in [0, 0.05) is 11.8 Å². The van der Waals surface area contributed by atoms with Crippen LogP contribution >= 0.6 is 0 Å². The van der Waals surface area contributed by atoms with Crippen LogP contribution in [0, 0.1) is 0 Å². The lowest BCUT2D eigenvalue weighted by molar-refractivity contribution is -0.116. The van der Waals surface area contributed by atoms with E-state index in [9.17, 15) is 13.2 Å². The fourth-order valence-corrected chi connectivity index (χ4v) is 3.69. The molecule has 28 heavy (non-hydrogen) atoms. The second kappa shape index (κ2) is 6.52. The van der Waals surface area contributed by atoms with Crippen LogP contribution in [0.5, 0.6) is 11.5 Å². The average molecular weight is 401 g/mol. The summed E-state index contributed by atoms with van der Waals surface area (Å²) in [6.45, 7) is 3.37. The van der Waals surface area contributed by atoms with Gasteiger partial charge in [-0.15, -0.1) is 0 Å². The van der Waals surface area contributed by atoms with E-state index < -0.39 is 10.1 Å². The molecule has 0 radical (unpaired) electrons. The molecule has 3 aromatic rings. The van der Waals surface area contributed by atoms with E-state index in [4.69, 9.17) is 8.92 Å². The first kappa shape index (κ1) is 18.3. The second-order valence-electron chi connectivity index (χ2n) is 6.54. The van der Waals surface area contributed by atoms with E-state index in [1.807, 2.05) is 19.1 Å². The molecule has 1 aromatic heterocycles. The third-order valence-electron chi connectivity index (χ3n) is 4.78. The van der Waals surface area contributed by atoms with Crippen molar-refractivity contribution >= 4 is 32.7 Å². The van der Waals surface area contributed by atoms with E-state index >= 15 is 0 Å². The first-order chi connectivity index (χ1) is 13.3. The highest BCUT2D eigenvalue weighted by molar-refractivity contribution is 7.87. The van der Waals surface area contributed by atoms with Crippen molar-refractivity contribution in [1.82, 2.24) is 9.97 Å². The molecular weight excluding hydrogens is 382 g/mol. The quantitative estimate of drug-likeness (QED) is 0.636. The largest absolute Gasteiger partial charge is 0.496 e.